The Balaban J connectivity index is 2.94. The van der Waals surface area contributed by atoms with Gasteiger partial charge < -0.3 is 10.0 Å². The molecule has 0 saturated heterocycles. The van der Waals surface area contributed by atoms with Crippen LogP contribution in [0, 0.1) is 5.92 Å². The number of aliphatic carboxylic acids is 1. The van der Waals surface area contributed by atoms with Crippen LogP contribution in [0.2, 0.25) is 0 Å². The van der Waals surface area contributed by atoms with Crippen molar-refractivity contribution in [3.05, 3.63) is 16.1 Å². The molecule has 1 aromatic heterocycles. The van der Waals surface area contributed by atoms with E-state index in [2.05, 4.69) is 4.98 Å². The molecule has 0 radical (unpaired) electrons. The molecule has 0 spiro atoms. The minimum atomic E-state index is -1.01. The lowest BCUT2D eigenvalue weighted by Crippen LogP contribution is -2.38. The molecule has 0 aromatic carbocycles. The SMILES string of the molecule is CC(C)CN(CC(=O)O)C(=O)c1csc(C(C)(C)C)n1. The van der Waals surface area contributed by atoms with Gasteiger partial charge >= 0.3 is 5.97 Å². The van der Waals surface area contributed by atoms with Crippen molar-refractivity contribution in [1.82, 2.24) is 9.88 Å². The average Bonchev–Trinajstić information content (AvgIpc) is 2.74. The van der Waals surface area contributed by atoms with Crippen LogP contribution in [0.4, 0.5) is 0 Å². The van der Waals surface area contributed by atoms with Crippen molar-refractivity contribution in [2.75, 3.05) is 13.1 Å². The zero-order valence-electron chi connectivity index (χ0n) is 12.6. The summed E-state index contributed by atoms with van der Waals surface area (Å²) >= 11 is 1.43. The summed E-state index contributed by atoms with van der Waals surface area (Å²) in [7, 11) is 0. The molecule has 112 valence electrons. The van der Waals surface area contributed by atoms with Gasteiger partial charge in [0.1, 0.15) is 12.2 Å². The summed E-state index contributed by atoms with van der Waals surface area (Å²) in [5, 5.41) is 11.5. The van der Waals surface area contributed by atoms with Gasteiger partial charge in [0.25, 0.3) is 5.91 Å². The quantitative estimate of drug-likeness (QED) is 0.907. The molecule has 6 heteroatoms. The molecule has 1 rings (SSSR count). The molecule has 1 N–H and O–H groups in total. The molecular formula is C14H22N2O3S. The van der Waals surface area contributed by atoms with Crippen molar-refractivity contribution in [1.29, 1.82) is 0 Å². The maximum absolute atomic E-state index is 12.4. The first-order valence-electron chi connectivity index (χ1n) is 6.58. The number of amides is 1. The van der Waals surface area contributed by atoms with Gasteiger partial charge in [-0.1, -0.05) is 34.6 Å². The van der Waals surface area contributed by atoms with E-state index in [1.54, 1.807) is 5.38 Å². The highest BCUT2D eigenvalue weighted by Gasteiger charge is 2.24. The summed E-state index contributed by atoms with van der Waals surface area (Å²) in [5.41, 5.74) is 0.223. The van der Waals surface area contributed by atoms with E-state index in [0.29, 0.717) is 12.2 Å². The van der Waals surface area contributed by atoms with Gasteiger partial charge in [-0.15, -0.1) is 11.3 Å². The highest BCUT2D eigenvalue weighted by atomic mass is 32.1. The van der Waals surface area contributed by atoms with E-state index in [1.165, 1.54) is 16.2 Å². The number of nitrogens with zero attached hydrogens (tertiary/aromatic N) is 2. The molecule has 0 aliphatic carbocycles. The minimum absolute atomic E-state index is 0.112. The Bertz CT molecular complexity index is 489. The van der Waals surface area contributed by atoms with Crippen LogP contribution < -0.4 is 0 Å². The second-order valence-corrected chi connectivity index (χ2v) is 7.12. The van der Waals surface area contributed by atoms with E-state index >= 15 is 0 Å². The number of thiazole rings is 1. The molecule has 1 aromatic rings. The van der Waals surface area contributed by atoms with Crippen LogP contribution in [0.5, 0.6) is 0 Å². The predicted octanol–water partition coefficient (Wildman–Crippen LogP) is 2.62. The van der Waals surface area contributed by atoms with Gasteiger partial charge in [-0.05, 0) is 5.92 Å². The molecule has 20 heavy (non-hydrogen) atoms. The summed E-state index contributed by atoms with van der Waals surface area (Å²) in [4.78, 5) is 28.9. The van der Waals surface area contributed by atoms with Crippen LogP contribution in [-0.4, -0.2) is 40.0 Å². The van der Waals surface area contributed by atoms with Crippen molar-refractivity contribution >= 4 is 23.2 Å². The van der Waals surface area contributed by atoms with E-state index < -0.39 is 5.97 Å². The van der Waals surface area contributed by atoms with Crippen LogP contribution in [0.25, 0.3) is 0 Å². The van der Waals surface area contributed by atoms with Crippen molar-refractivity contribution in [3.63, 3.8) is 0 Å². The van der Waals surface area contributed by atoms with E-state index in [1.807, 2.05) is 34.6 Å². The monoisotopic (exact) mass is 298 g/mol. The number of aromatic nitrogens is 1. The second kappa shape index (κ2) is 6.35. The highest BCUT2D eigenvalue weighted by molar-refractivity contribution is 7.10. The van der Waals surface area contributed by atoms with Crippen LogP contribution in [0.1, 0.15) is 50.1 Å². The lowest BCUT2D eigenvalue weighted by Gasteiger charge is -2.21. The number of carboxylic acids is 1. The highest BCUT2D eigenvalue weighted by Crippen LogP contribution is 2.26. The molecule has 0 aliphatic rings. The minimum Gasteiger partial charge on any atom is -0.480 e. The fourth-order valence-corrected chi connectivity index (χ4v) is 2.58. The van der Waals surface area contributed by atoms with E-state index in [9.17, 15) is 9.59 Å². The second-order valence-electron chi connectivity index (χ2n) is 6.26. The summed E-state index contributed by atoms with van der Waals surface area (Å²) < 4.78 is 0. The Kier molecular flexibility index (Phi) is 5.28. The zero-order valence-corrected chi connectivity index (χ0v) is 13.5. The van der Waals surface area contributed by atoms with Crippen molar-refractivity contribution in [2.45, 2.75) is 40.0 Å². The molecule has 0 aliphatic heterocycles. The van der Waals surface area contributed by atoms with Gasteiger partial charge in [-0.2, -0.15) is 0 Å². The van der Waals surface area contributed by atoms with Crippen LogP contribution in [-0.2, 0) is 10.2 Å². The summed E-state index contributed by atoms with van der Waals surface area (Å²) in [6.07, 6.45) is 0. The van der Waals surface area contributed by atoms with Crippen molar-refractivity contribution in [3.8, 4) is 0 Å². The topological polar surface area (TPSA) is 70.5 Å². The molecular weight excluding hydrogens is 276 g/mol. The van der Waals surface area contributed by atoms with Crippen LogP contribution in [0.3, 0.4) is 0 Å². The van der Waals surface area contributed by atoms with E-state index in [4.69, 9.17) is 5.11 Å². The fourth-order valence-electron chi connectivity index (χ4n) is 1.70. The molecule has 0 saturated carbocycles. The molecule has 5 nitrogen and oxygen atoms in total. The van der Waals surface area contributed by atoms with Gasteiger partial charge in [0, 0.05) is 17.3 Å². The molecule has 0 fully saturated rings. The Morgan fingerprint density at radius 2 is 2.00 bits per heavy atom. The standard InChI is InChI=1S/C14H22N2O3S/c1-9(2)6-16(7-11(17)18)12(19)10-8-20-13(15-10)14(3,4)5/h8-9H,6-7H2,1-5H3,(H,17,18). The Hall–Kier alpha value is -1.43. The zero-order chi connectivity index (χ0) is 15.5. The van der Waals surface area contributed by atoms with Crippen molar-refractivity contribution in [2.24, 2.45) is 5.92 Å². The van der Waals surface area contributed by atoms with Gasteiger partial charge in [-0.3, -0.25) is 9.59 Å². The van der Waals surface area contributed by atoms with Gasteiger partial charge in [-0.25, -0.2) is 4.98 Å². The molecule has 0 atom stereocenters. The largest absolute Gasteiger partial charge is 0.480 e. The first-order chi connectivity index (χ1) is 9.11. The molecule has 0 bridgehead atoms. The maximum Gasteiger partial charge on any atom is 0.323 e. The molecule has 0 unspecified atom stereocenters. The average molecular weight is 298 g/mol. The van der Waals surface area contributed by atoms with E-state index in [-0.39, 0.29) is 23.8 Å². The lowest BCUT2D eigenvalue weighted by atomic mass is 9.98. The number of carbonyl (C=O) groups is 2. The Morgan fingerprint density at radius 3 is 2.40 bits per heavy atom. The van der Waals surface area contributed by atoms with Crippen molar-refractivity contribution < 1.29 is 14.7 Å². The van der Waals surface area contributed by atoms with E-state index in [0.717, 1.165) is 5.01 Å². The third-order valence-electron chi connectivity index (χ3n) is 2.56. The van der Waals surface area contributed by atoms with Crippen LogP contribution >= 0.6 is 11.3 Å². The van der Waals surface area contributed by atoms with Gasteiger partial charge in [0.05, 0.1) is 5.01 Å². The number of carbonyl (C=O) groups excluding carboxylic acids is 1. The Morgan fingerprint density at radius 1 is 1.40 bits per heavy atom. The molecule has 1 heterocycles. The molecule has 1 amide bonds. The first-order valence-corrected chi connectivity index (χ1v) is 7.46. The number of rotatable bonds is 5. The third kappa shape index (κ3) is 4.59. The predicted molar refractivity (Wildman–Crippen MR) is 79.2 cm³/mol. The number of carboxylic acid groups (broad SMARTS) is 1. The summed E-state index contributed by atoms with van der Waals surface area (Å²) in [6, 6.07) is 0. The number of hydrogen-bond acceptors (Lipinski definition) is 4. The lowest BCUT2D eigenvalue weighted by molar-refractivity contribution is -0.137. The fraction of sp³-hybridized carbons (Fsp3) is 0.643. The smallest absolute Gasteiger partial charge is 0.323 e. The summed E-state index contributed by atoms with van der Waals surface area (Å²) in [6.45, 7) is 10.1. The van der Waals surface area contributed by atoms with Gasteiger partial charge in [0.15, 0.2) is 0 Å². The number of hydrogen-bond donors (Lipinski definition) is 1. The third-order valence-corrected chi connectivity index (χ3v) is 3.83. The normalized spacial score (nSPS) is 11.7. The summed E-state index contributed by atoms with van der Waals surface area (Å²) in [5.74, 6) is -1.11. The Labute approximate surface area is 123 Å². The first kappa shape index (κ1) is 16.6. The van der Waals surface area contributed by atoms with Gasteiger partial charge in [0.2, 0.25) is 0 Å². The maximum atomic E-state index is 12.4. The van der Waals surface area contributed by atoms with Crippen LogP contribution in [0.15, 0.2) is 5.38 Å².